The Labute approximate surface area is 156 Å². The molecule has 0 radical (unpaired) electrons. The van der Waals surface area contributed by atoms with Gasteiger partial charge in [0, 0.05) is 25.8 Å². The second kappa shape index (κ2) is 5.76. The monoisotopic (exact) mass is 349 g/mol. The Morgan fingerprint density at radius 3 is 2.69 bits per heavy atom. The predicted molar refractivity (Wildman–Crippen MR) is 105 cm³/mol. The summed E-state index contributed by atoms with van der Waals surface area (Å²) >= 11 is 0. The Balaban J connectivity index is 1.45. The van der Waals surface area contributed by atoms with E-state index in [1.54, 1.807) is 7.11 Å². The van der Waals surface area contributed by atoms with E-state index in [9.17, 15) is 0 Å². The number of ether oxygens (including phenoxy) is 1. The molecular weight excluding hydrogens is 322 g/mol. The maximum absolute atomic E-state index is 5.70. The molecule has 2 heterocycles. The third kappa shape index (κ3) is 2.30. The van der Waals surface area contributed by atoms with Crippen molar-refractivity contribution >= 4 is 11.5 Å². The Hall–Kier alpha value is -1.99. The number of amidine groups is 1. The Kier molecular flexibility index (Phi) is 3.59. The summed E-state index contributed by atoms with van der Waals surface area (Å²) in [6, 6.07) is 4.66. The number of piperidine rings is 1. The molecule has 4 nitrogen and oxygen atoms in total. The minimum atomic E-state index is 0.0905. The first-order chi connectivity index (χ1) is 12.6. The number of fused-ring (bicyclic) bond motifs is 3. The third-order valence-electron chi connectivity index (χ3n) is 6.96. The van der Waals surface area contributed by atoms with Crippen molar-refractivity contribution in [3.8, 4) is 17.6 Å². The SMILES string of the molecule is CN=C1Nc2cc(C#C[C@@H](C)N3CC4CC4C3)c(OC)cc2C12CCC2. The first-order valence-electron chi connectivity index (χ1n) is 9.87. The largest absolute Gasteiger partial charge is 0.495 e. The molecule has 0 bridgehead atoms. The highest BCUT2D eigenvalue weighted by molar-refractivity contribution is 6.10. The van der Waals surface area contributed by atoms with Crippen LogP contribution in [0.4, 0.5) is 5.69 Å². The van der Waals surface area contributed by atoms with Crippen molar-refractivity contribution in [2.45, 2.75) is 44.1 Å². The quantitative estimate of drug-likeness (QED) is 0.833. The van der Waals surface area contributed by atoms with Gasteiger partial charge < -0.3 is 10.1 Å². The fourth-order valence-corrected chi connectivity index (χ4v) is 5.05. The van der Waals surface area contributed by atoms with Gasteiger partial charge in [0.25, 0.3) is 0 Å². The van der Waals surface area contributed by atoms with Crippen molar-refractivity contribution in [3.63, 3.8) is 0 Å². The lowest BCUT2D eigenvalue weighted by molar-refractivity contribution is 0.276. The smallest absolute Gasteiger partial charge is 0.134 e. The highest BCUT2D eigenvalue weighted by Gasteiger charge is 2.49. The van der Waals surface area contributed by atoms with E-state index in [1.165, 1.54) is 44.3 Å². The van der Waals surface area contributed by atoms with Crippen LogP contribution < -0.4 is 10.1 Å². The highest BCUT2D eigenvalue weighted by atomic mass is 16.5. The summed E-state index contributed by atoms with van der Waals surface area (Å²) in [5, 5.41) is 3.54. The molecule has 1 N–H and O–H groups in total. The van der Waals surface area contributed by atoms with E-state index in [-0.39, 0.29) is 5.41 Å². The predicted octanol–water partition coefficient (Wildman–Crippen LogP) is 3.26. The Bertz CT molecular complexity index is 833. The first kappa shape index (κ1) is 16.2. The molecule has 2 aliphatic heterocycles. The first-order valence-corrected chi connectivity index (χ1v) is 9.87. The van der Waals surface area contributed by atoms with Crippen molar-refractivity contribution in [1.29, 1.82) is 0 Å². The standard InChI is InChI=1S/C22H27N3O/c1-14(25-12-16-9-17(16)13-25)5-6-15-10-19-18(11-20(15)26-3)22(7-4-8-22)21(23-2)24-19/h10-11,14,16-17H,4,7-9,12-13H2,1-3H3,(H,23,24)/t14-,16?,17?/m1/s1. The van der Waals surface area contributed by atoms with Crippen LogP contribution in [0.2, 0.25) is 0 Å². The molecule has 1 spiro atoms. The van der Waals surface area contributed by atoms with E-state index >= 15 is 0 Å². The van der Waals surface area contributed by atoms with Crippen LogP contribution in [0.3, 0.4) is 0 Å². The Morgan fingerprint density at radius 2 is 2.08 bits per heavy atom. The lowest BCUT2D eigenvalue weighted by Gasteiger charge is -2.38. The average molecular weight is 349 g/mol. The van der Waals surface area contributed by atoms with E-state index in [1.807, 2.05) is 7.05 Å². The molecule has 5 rings (SSSR count). The topological polar surface area (TPSA) is 36.9 Å². The highest BCUT2D eigenvalue weighted by Crippen LogP contribution is 2.53. The zero-order valence-electron chi connectivity index (χ0n) is 15.9. The van der Waals surface area contributed by atoms with Crippen LogP contribution in [0.1, 0.15) is 43.7 Å². The van der Waals surface area contributed by atoms with Gasteiger partial charge in [-0.05, 0) is 55.7 Å². The van der Waals surface area contributed by atoms with Crippen molar-refractivity contribution in [2.75, 3.05) is 32.6 Å². The lowest BCUT2D eigenvalue weighted by atomic mass is 9.65. The van der Waals surface area contributed by atoms with Crippen molar-refractivity contribution in [3.05, 3.63) is 23.3 Å². The van der Waals surface area contributed by atoms with E-state index in [0.717, 1.165) is 34.7 Å². The number of rotatable bonds is 2. The van der Waals surface area contributed by atoms with Crippen LogP contribution in [-0.2, 0) is 5.41 Å². The third-order valence-corrected chi connectivity index (χ3v) is 6.96. The molecule has 1 saturated heterocycles. The van der Waals surface area contributed by atoms with Crippen LogP contribution >= 0.6 is 0 Å². The fraction of sp³-hybridized carbons (Fsp3) is 0.591. The fourth-order valence-electron chi connectivity index (χ4n) is 5.05. The van der Waals surface area contributed by atoms with Crippen LogP contribution in [0.25, 0.3) is 0 Å². The van der Waals surface area contributed by atoms with E-state index in [0.29, 0.717) is 6.04 Å². The number of methoxy groups -OCH3 is 1. The molecule has 136 valence electrons. The van der Waals surface area contributed by atoms with E-state index < -0.39 is 0 Å². The normalized spacial score (nSPS) is 30.0. The maximum atomic E-state index is 5.70. The summed E-state index contributed by atoms with van der Waals surface area (Å²) in [4.78, 5) is 7.05. The minimum Gasteiger partial charge on any atom is -0.495 e. The lowest BCUT2D eigenvalue weighted by Crippen LogP contribution is -2.41. The van der Waals surface area contributed by atoms with Gasteiger partial charge in [-0.25, -0.2) is 0 Å². The number of hydrogen-bond acceptors (Lipinski definition) is 3. The summed E-state index contributed by atoms with van der Waals surface area (Å²) < 4.78 is 5.70. The summed E-state index contributed by atoms with van der Waals surface area (Å²) in [6.45, 7) is 4.67. The average Bonchev–Trinajstić information content (AvgIpc) is 3.09. The van der Waals surface area contributed by atoms with Gasteiger partial charge in [0.05, 0.1) is 24.1 Å². The second-order valence-corrected chi connectivity index (χ2v) is 8.39. The van der Waals surface area contributed by atoms with Gasteiger partial charge in [0.1, 0.15) is 11.6 Å². The van der Waals surface area contributed by atoms with Gasteiger partial charge in [-0.2, -0.15) is 0 Å². The van der Waals surface area contributed by atoms with Crippen molar-refractivity contribution in [2.24, 2.45) is 16.8 Å². The maximum Gasteiger partial charge on any atom is 0.134 e. The van der Waals surface area contributed by atoms with Crippen molar-refractivity contribution in [1.82, 2.24) is 4.90 Å². The number of likely N-dealkylation sites (tertiary alicyclic amines) is 1. The molecule has 0 amide bonds. The number of nitrogens with zero attached hydrogens (tertiary/aromatic N) is 2. The summed E-state index contributed by atoms with van der Waals surface area (Å²) in [6.07, 6.45) is 5.04. The van der Waals surface area contributed by atoms with Gasteiger partial charge >= 0.3 is 0 Å². The number of nitrogens with one attached hydrogen (secondary N) is 1. The molecule has 2 saturated carbocycles. The molecule has 2 unspecified atom stereocenters. The van der Waals surface area contributed by atoms with Gasteiger partial charge in [0.15, 0.2) is 0 Å². The van der Waals surface area contributed by atoms with Crippen LogP contribution in [0.5, 0.6) is 5.75 Å². The molecule has 4 aliphatic rings. The van der Waals surface area contributed by atoms with Crippen LogP contribution in [-0.4, -0.2) is 44.0 Å². The summed E-state index contributed by atoms with van der Waals surface area (Å²) in [7, 11) is 3.63. The minimum absolute atomic E-state index is 0.0905. The van der Waals surface area contributed by atoms with Crippen LogP contribution in [0, 0.1) is 23.7 Å². The molecule has 1 aromatic rings. The molecule has 3 atom stereocenters. The number of hydrogen-bond donors (Lipinski definition) is 1. The Morgan fingerprint density at radius 1 is 1.31 bits per heavy atom. The summed E-state index contributed by atoms with van der Waals surface area (Å²) in [5.74, 6) is 10.7. The molecule has 2 aliphatic carbocycles. The summed E-state index contributed by atoms with van der Waals surface area (Å²) in [5.41, 5.74) is 3.55. The molecular formula is C22H27N3O. The molecule has 1 aromatic carbocycles. The van der Waals surface area contributed by atoms with E-state index in [2.05, 4.69) is 46.1 Å². The van der Waals surface area contributed by atoms with Gasteiger partial charge in [-0.3, -0.25) is 9.89 Å². The molecule has 0 aromatic heterocycles. The zero-order valence-corrected chi connectivity index (χ0v) is 15.9. The molecule has 26 heavy (non-hydrogen) atoms. The van der Waals surface area contributed by atoms with Crippen LogP contribution in [0.15, 0.2) is 17.1 Å². The van der Waals surface area contributed by atoms with E-state index in [4.69, 9.17) is 4.74 Å². The van der Waals surface area contributed by atoms with Gasteiger partial charge in [0.2, 0.25) is 0 Å². The zero-order chi connectivity index (χ0) is 17.9. The molecule has 4 heteroatoms. The number of benzene rings is 1. The van der Waals surface area contributed by atoms with Crippen molar-refractivity contribution < 1.29 is 4.74 Å². The molecule has 3 fully saturated rings. The second-order valence-electron chi connectivity index (χ2n) is 8.39. The number of anilines is 1. The van der Waals surface area contributed by atoms with Gasteiger partial charge in [-0.1, -0.05) is 18.3 Å². The van der Waals surface area contributed by atoms with Gasteiger partial charge in [-0.15, -0.1) is 0 Å². The number of aliphatic imine (C=N–C) groups is 1.